The van der Waals surface area contributed by atoms with Gasteiger partial charge in [0.15, 0.2) is 6.10 Å². The van der Waals surface area contributed by atoms with Crippen molar-refractivity contribution in [1.29, 1.82) is 0 Å². The van der Waals surface area contributed by atoms with Crippen LogP contribution in [0.4, 0.5) is 8.78 Å². The second kappa shape index (κ2) is 9.80. The van der Waals surface area contributed by atoms with Gasteiger partial charge in [-0.2, -0.15) is 0 Å². The van der Waals surface area contributed by atoms with Crippen LogP contribution < -0.4 is 15.4 Å². The molecule has 2 heterocycles. The van der Waals surface area contributed by atoms with Crippen LogP contribution in [0, 0.1) is 0 Å². The Morgan fingerprint density at radius 3 is 2.77 bits per heavy atom. The fourth-order valence-electron chi connectivity index (χ4n) is 2.88. The summed E-state index contributed by atoms with van der Waals surface area (Å²) in [5, 5.41) is 15.8. The van der Waals surface area contributed by atoms with Gasteiger partial charge >= 0.3 is 0 Å². The summed E-state index contributed by atoms with van der Waals surface area (Å²) in [4.78, 5) is 31.5. The van der Waals surface area contributed by atoms with E-state index in [0.29, 0.717) is 16.3 Å². The van der Waals surface area contributed by atoms with Gasteiger partial charge in [-0.1, -0.05) is 18.2 Å². The summed E-state index contributed by atoms with van der Waals surface area (Å²) in [6.45, 7) is 3.84. The largest absolute Gasteiger partial charge is 0.480 e. The summed E-state index contributed by atoms with van der Waals surface area (Å²) in [6.07, 6.45) is -2.48. The van der Waals surface area contributed by atoms with Crippen molar-refractivity contribution >= 4 is 23.4 Å². The molecule has 0 fully saturated rings. The molecule has 31 heavy (non-hydrogen) atoms. The van der Waals surface area contributed by atoms with Crippen LogP contribution in [0.3, 0.4) is 0 Å². The molecule has 3 rings (SSSR count). The summed E-state index contributed by atoms with van der Waals surface area (Å²) in [6, 6.07) is 4.79. The molecule has 1 aromatic carbocycles. The Morgan fingerprint density at radius 2 is 2.10 bits per heavy atom. The first-order valence-corrected chi connectivity index (χ1v) is 9.63. The highest BCUT2D eigenvalue weighted by Gasteiger charge is 2.31. The highest BCUT2D eigenvalue weighted by Crippen LogP contribution is 2.36. The molecule has 2 amide bonds. The molecule has 0 bridgehead atoms. The third-order valence-electron chi connectivity index (χ3n) is 4.47. The maximum atomic E-state index is 12.5. The van der Waals surface area contributed by atoms with Crippen molar-refractivity contribution in [2.45, 2.75) is 31.5 Å². The third-order valence-corrected chi connectivity index (χ3v) is 4.71. The van der Waals surface area contributed by atoms with Crippen molar-refractivity contribution in [3.63, 3.8) is 0 Å². The van der Waals surface area contributed by atoms with Crippen molar-refractivity contribution in [1.82, 2.24) is 20.6 Å². The first kappa shape index (κ1) is 22.6. The van der Waals surface area contributed by atoms with Crippen LogP contribution in [-0.2, 0) is 4.79 Å². The number of carbonyl (C=O) groups excluding carboxylic acids is 2. The van der Waals surface area contributed by atoms with Gasteiger partial charge in [0.25, 0.3) is 18.2 Å². The molecule has 8 nitrogen and oxygen atoms in total. The second-order valence-corrected chi connectivity index (χ2v) is 7.20. The lowest BCUT2D eigenvalue weighted by atomic mass is 9.98. The Hall–Kier alpha value is -3.11. The van der Waals surface area contributed by atoms with E-state index in [-0.39, 0.29) is 30.8 Å². The van der Waals surface area contributed by atoms with E-state index in [1.165, 1.54) is 0 Å². The number of nitrogens with one attached hydrogen (secondary N) is 2. The summed E-state index contributed by atoms with van der Waals surface area (Å²) in [5.41, 5.74) is 0.142. The fourth-order valence-corrected chi connectivity index (χ4v) is 3.06. The molecule has 1 aliphatic heterocycles. The molecule has 0 saturated heterocycles. The number of benzene rings is 1. The summed E-state index contributed by atoms with van der Waals surface area (Å²) >= 11 is 5.91. The zero-order chi connectivity index (χ0) is 22.5. The van der Waals surface area contributed by atoms with Gasteiger partial charge in [-0.3, -0.25) is 14.6 Å². The topological polar surface area (TPSA) is 113 Å². The van der Waals surface area contributed by atoms with Crippen LogP contribution in [-0.4, -0.2) is 39.5 Å². The normalized spacial score (nSPS) is 17.5. The van der Waals surface area contributed by atoms with Crippen LogP contribution in [0.2, 0.25) is 5.02 Å². The number of ether oxygens (including phenoxy) is 1. The minimum absolute atomic E-state index is 0.0736. The van der Waals surface area contributed by atoms with E-state index in [0.717, 1.165) is 12.4 Å². The number of nitrogens with zero attached hydrogens (tertiary/aromatic N) is 2. The van der Waals surface area contributed by atoms with Gasteiger partial charge in [-0.15, -0.1) is 0 Å². The lowest BCUT2D eigenvalue weighted by Crippen LogP contribution is -2.42. The highest BCUT2D eigenvalue weighted by atomic mass is 35.5. The number of halogens is 3. The zero-order valence-electron chi connectivity index (χ0n) is 16.1. The van der Waals surface area contributed by atoms with E-state index < -0.39 is 36.1 Å². The van der Waals surface area contributed by atoms with Gasteiger partial charge in [-0.05, 0) is 18.2 Å². The van der Waals surface area contributed by atoms with Gasteiger partial charge in [0, 0.05) is 35.7 Å². The molecule has 1 aliphatic rings. The monoisotopic (exact) mass is 452 g/mol. The number of hydrogen-bond acceptors (Lipinski definition) is 6. The number of hydrogen-bond donors (Lipinski definition) is 3. The second-order valence-electron chi connectivity index (χ2n) is 6.77. The van der Waals surface area contributed by atoms with E-state index in [4.69, 9.17) is 16.3 Å². The summed E-state index contributed by atoms with van der Waals surface area (Å²) in [5.74, 6) is -0.690. The first-order valence-electron chi connectivity index (χ1n) is 9.25. The highest BCUT2D eigenvalue weighted by molar-refractivity contribution is 6.30. The van der Waals surface area contributed by atoms with Crippen LogP contribution in [0.25, 0.3) is 0 Å². The van der Waals surface area contributed by atoms with E-state index >= 15 is 0 Å². The average molecular weight is 453 g/mol. The molecule has 164 valence electrons. The van der Waals surface area contributed by atoms with Gasteiger partial charge in [-0.25, -0.2) is 13.8 Å². The molecular weight excluding hydrogens is 434 g/mol. The average Bonchev–Trinajstić information content (AvgIpc) is 2.74. The maximum Gasteiger partial charge on any atom is 0.281 e. The quantitative estimate of drug-likeness (QED) is 0.595. The van der Waals surface area contributed by atoms with Crippen molar-refractivity contribution in [3.8, 4) is 5.75 Å². The number of fused-ring (bicyclic) bond motifs is 1. The van der Waals surface area contributed by atoms with Crippen molar-refractivity contribution in [2.75, 3.05) is 6.54 Å². The van der Waals surface area contributed by atoms with Crippen molar-refractivity contribution in [3.05, 3.63) is 64.8 Å². The van der Waals surface area contributed by atoms with Crippen LogP contribution in [0.5, 0.6) is 5.75 Å². The van der Waals surface area contributed by atoms with Crippen LogP contribution >= 0.6 is 11.6 Å². The maximum absolute atomic E-state index is 12.5. The fraction of sp³-hybridized carbons (Fsp3) is 0.300. The summed E-state index contributed by atoms with van der Waals surface area (Å²) < 4.78 is 30.6. The number of aromatic nitrogens is 2. The van der Waals surface area contributed by atoms with Crippen LogP contribution in [0.15, 0.2) is 42.9 Å². The Bertz CT molecular complexity index is 988. The van der Waals surface area contributed by atoms with Crippen LogP contribution in [0.1, 0.15) is 47.1 Å². The number of aliphatic hydroxyl groups excluding tert-OH is 1. The minimum atomic E-state index is -2.77. The molecule has 3 N–H and O–H groups in total. The van der Waals surface area contributed by atoms with E-state index in [9.17, 15) is 23.5 Å². The number of carbonyl (C=O) groups is 2. The Kier molecular flexibility index (Phi) is 7.13. The molecule has 0 unspecified atom stereocenters. The molecular formula is C20H19ClF2N4O4. The van der Waals surface area contributed by atoms with Crippen molar-refractivity contribution in [2.24, 2.45) is 0 Å². The molecule has 0 aliphatic carbocycles. The number of alkyl halides is 2. The molecule has 1 aromatic heterocycles. The molecule has 2 aromatic rings. The van der Waals surface area contributed by atoms with Crippen molar-refractivity contribution < 1.29 is 28.2 Å². The SMILES string of the molecule is C=C(CCNC(=O)[C@H]1C[C@@H](O)c2cc(Cl)ccc2O1)NC(=O)c1cnc(C(F)F)cn1. The zero-order valence-corrected chi connectivity index (χ0v) is 16.9. The summed E-state index contributed by atoms with van der Waals surface area (Å²) in [7, 11) is 0. The molecule has 0 saturated carbocycles. The lowest BCUT2D eigenvalue weighted by Gasteiger charge is -2.29. The standard InChI is InChI=1S/C20H19ClF2N4O4/c1-10(27-19(29)14-9-25-13(8-26-14)18(22)23)4-5-24-20(30)17-7-15(28)12-6-11(21)2-3-16(12)31-17/h2-3,6,8-9,15,17-18,28H,1,4-5,7H2,(H,24,30)(H,27,29)/t15-,17-/m1/s1. The van der Waals surface area contributed by atoms with E-state index in [2.05, 4.69) is 27.2 Å². The predicted octanol–water partition coefficient (Wildman–Crippen LogP) is 2.70. The molecule has 2 atom stereocenters. The van der Waals surface area contributed by atoms with Gasteiger partial charge in [0.1, 0.15) is 17.1 Å². The Morgan fingerprint density at radius 1 is 1.32 bits per heavy atom. The smallest absolute Gasteiger partial charge is 0.281 e. The number of rotatable bonds is 7. The van der Waals surface area contributed by atoms with E-state index in [1.807, 2.05) is 0 Å². The van der Waals surface area contributed by atoms with Gasteiger partial charge in [0.05, 0.1) is 18.5 Å². The number of aliphatic hydroxyl groups is 1. The predicted molar refractivity (Wildman–Crippen MR) is 107 cm³/mol. The van der Waals surface area contributed by atoms with Gasteiger partial charge in [0.2, 0.25) is 0 Å². The Balaban J connectivity index is 1.45. The first-order chi connectivity index (χ1) is 14.7. The third kappa shape index (κ3) is 5.74. The Labute approximate surface area is 181 Å². The molecule has 0 spiro atoms. The van der Waals surface area contributed by atoms with E-state index in [1.54, 1.807) is 18.2 Å². The lowest BCUT2D eigenvalue weighted by molar-refractivity contribution is -0.130. The minimum Gasteiger partial charge on any atom is -0.480 e. The molecule has 0 radical (unpaired) electrons. The molecule has 11 heteroatoms. The van der Waals surface area contributed by atoms with Gasteiger partial charge < -0.3 is 20.5 Å². The number of amides is 2.